The van der Waals surface area contributed by atoms with E-state index < -0.39 is 24.2 Å². The molecule has 0 heterocycles. The van der Waals surface area contributed by atoms with Crippen molar-refractivity contribution in [3.8, 4) is 5.75 Å². The van der Waals surface area contributed by atoms with Crippen LogP contribution in [0.5, 0.6) is 5.75 Å². The first-order valence-electron chi connectivity index (χ1n) is 9.05. The van der Waals surface area contributed by atoms with Gasteiger partial charge in [-0.2, -0.15) is 13.2 Å². The van der Waals surface area contributed by atoms with Crippen molar-refractivity contribution in [3.63, 3.8) is 0 Å². The average Bonchev–Trinajstić information content (AvgIpc) is 2.71. The third-order valence-electron chi connectivity index (χ3n) is 4.64. The minimum Gasteiger partial charge on any atom is -0.493 e. The van der Waals surface area contributed by atoms with E-state index in [4.69, 9.17) is 4.74 Å². The standard InChI is InChI=1S/C22H20F3NO3/c1-2-29-18-13-12-15-8-6-7-11-17(15)19(18)20(27)26-14-21(28,22(23,24)25)16-9-4-3-5-10-16/h3-13,28H,2,14H2,1H3,(H,26,27)/t21-/m1/s1. The number of nitrogens with one attached hydrogen (secondary N) is 1. The van der Waals surface area contributed by atoms with Crippen LogP contribution < -0.4 is 10.1 Å². The first kappa shape index (κ1) is 20.7. The van der Waals surface area contributed by atoms with E-state index in [1.807, 2.05) is 0 Å². The third kappa shape index (κ3) is 4.05. The Kier molecular flexibility index (Phi) is 5.79. The topological polar surface area (TPSA) is 58.6 Å². The van der Waals surface area contributed by atoms with Crippen molar-refractivity contribution in [1.29, 1.82) is 0 Å². The van der Waals surface area contributed by atoms with Crippen LogP contribution in [0.1, 0.15) is 22.8 Å². The number of ether oxygens (including phenoxy) is 1. The molecule has 29 heavy (non-hydrogen) atoms. The smallest absolute Gasteiger partial charge is 0.423 e. The molecule has 0 saturated heterocycles. The van der Waals surface area contributed by atoms with Crippen molar-refractivity contribution in [2.24, 2.45) is 0 Å². The van der Waals surface area contributed by atoms with E-state index in [1.165, 1.54) is 24.3 Å². The predicted molar refractivity (Wildman–Crippen MR) is 104 cm³/mol. The predicted octanol–water partition coefficient (Wildman–Crippen LogP) is 4.42. The van der Waals surface area contributed by atoms with Gasteiger partial charge in [-0.3, -0.25) is 4.79 Å². The Labute approximate surface area is 165 Å². The molecule has 3 aromatic rings. The normalized spacial score (nSPS) is 13.7. The van der Waals surface area contributed by atoms with Crippen molar-refractivity contribution < 1.29 is 27.8 Å². The van der Waals surface area contributed by atoms with Gasteiger partial charge in [0, 0.05) is 0 Å². The molecule has 7 heteroatoms. The molecule has 4 nitrogen and oxygen atoms in total. The van der Waals surface area contributed by atoms with Gasteiger partial charge in [-0.25, -0.2) is 0 Å². The lowest BCUT2D eigenvalue weighted by Gasteiger charge is -2.31. The van der Waals surface area contributed by atoms with Gasteiger partial charge in [-0.15, -0.1) is 0 Å². The van der Waals surface area contributed by atoms with E-state index >= 15 is 0 Å². The highest BCUT2D eigenvalue weighted by Crippen LogP contribution is 2.38. The Bertz CT molecular complexity index is 1010. The zero-order chi connectivity index (χ0) is 21.1. The van der Waals surface area contributed by atoms with E-state index in [-0.39, 0.29) is 23.5 Å². The quantitative estimate of drug-likeness (QED) is 0.641. The second-order valence-corrected chi connectivity index (χ2v) is 6.50. The second kappa shape index (κ2) is 8.13. The zero-order valence-electron chi connectivity index (χ0n) is 15.7. The minimum atomic E-state index is -4.98. The highest BCUT2D eigenvalue weighted by molar-refractivity contribution is 6.09. The number of hydrogen-bond acceptors (Lipinski definition) is 3. The Balaban J connectivity index is 1.97. The Morgan fingerprint density at radius 3 is 2.31 bits per heavy atom. The molecule has 152 valence electrons. The number of aliphatic hydroxyl groups is 1. The van der Waals surface area contributed by atoms with Gasteiger partial charge >= 0.3 is 6.18 Å². The fourth-order valence-electron chi connectivity index (χ4n) is 3.14. The first-order chi connectivity index (χ1) is 13.8. The maximum absolute atomic E-state index is 13.7. The Morgan fingerprint density at radius 2 is 1.66 bits per heavy atom. The molecule has 0 saturated carbocycles. The summed E-state index contributed by atoms with van der Waals surface area (Å²) in [6, 6.07) is 17.1. The molecule has 0 spiro atoms. The monoisotopic (exact) mass is 403 g/mol. The van der Waals surface area contributed by atoms with Crippen molar-refractivity contribution in [1.82, 2.24) is 5.32 Å². The minimum absolute atomic E-state index is 0.127. The maximum atomic E-state index is 13.7. The van der Waals surface area contributed by atoms with Crippen LogP contribution in [0.25, 0.3) is 10.8 Å². The average molecular weight is 403 g/mol. The van der Waals surface area contributed by atoms with E-state index in [2.05, 4.69) is 5.32 Å². The van der Waals surface area contributed by atoms with Crippen LogP contribution in [0.15, 0.2) is 66.7 Å². The lowest BCUT2D eigenvalue weighted by Crippen LogP contribution is -2.51. The molecule has 0 aliphatic rings. The van der Waals surface area contributed by atoms with E-state index in [9.17, 15) is 23.1 Å². The molecule has 1 amide bonds. The number of benzene rings is 3. The summed E-state index contributed by atoms with van der Waals surface area (Å²) in [5.41, 5.74) is -3.45. The van der Waals surface area contributed by atoms with Gasteiger partial charge in [0.15, 0.2) is 0 Å². The van der Waals surface area contributed by atoms with Crippen molar-refractivity contribution in [3.05, 3.63) is 77.9 Å². The van der Waals surface area contributed by atoms with Gasteiger partial charge in [0.05, 0.1) is 18.7 Å². The third-order valence-corrected chi connectivity index (χ3v) is 4.64. The highest BCUT2D eigenvalue weighted by Gasteiger charge is 2.55. The molecule has 0 radical (unpaired) electrons. The molecule has 3 rings (SSSR count). The number of amides is 1. The van der Waals surface area contributed by atoms with Crippen molar-refractivity contribution >= 4 is 16.7 Å². The van der Waals surface area contributed by atoms with E-state index in [0.29, 0.717) is 5.39 Å². The number of carbonyl (C=O) groups excluding carboxylic acids is 1. The van der Waals surface area contributed by atoms with Gasteiger partial charge in [0.2, 0.25) is 5.60 Å². The van der Waals surface area contributed by atoms with Crippen LogP contribution in [-0.2, 0) is 5.60 Å². The molecule has 0 aliphatic carbocycles. The number of hydrogen-bond donors (Lipinski definition) is 2. The summed E-state index contributed by atoms with van der Waals surface area (Å²) in [6.07, 6.45) is -4.98. The summed E-state index contributed by atoms with van der Waals surface area (Å²) >= 11 is 0. The van der Waals surface area contributed by atoms with Gasteiger partial charge in [0.25, 0.3) is 5.91 Å². The van der Waals surface area contributed by atoms with Crippen LogP contribution >= 0.6 is 0 Å². The molecular weight excluding hydrogens is 383 g/mol. The van der Waals surface area contributed by atoms with Crippen LogP contribution in [0, 0.1) is 0 Å². The summed E-state index contributed by atoms with van der Waals surface area (Å²) < 4.78 is 46.5. The second-order valence-electron chi connectivity index (χ2n) is 6.50. The highest BCUT2D eigenvalue weighted by atomic mass is 19.4. The lowest BCUT2D eigenvalue weighted by molar-refractivity contribution is -0.263. The van der Waals surface area contributed by atoms with Crippen LogP contribution in [-0.4, -0.2) is 30.3 Å². The van der Waals surface area contributed by atoms with Crippen LogP contribution in [0.4, 0.5) is 13.2 Å². The molecule has 0 fully saturated rings. The Hall–Kier alpha value is -3.06. The van der Waals surface area contributed by atoms with Crippen molar-refractivity contribution in [2.75, 3.05) is 13.2 Å². The molecule has 1 atom stereocenters. The molecule has 0 aliphatic heterocycles. The SMILES string of the molecule is CCOc1ccc2ccccc2c1C(=O)NC[C@@](O)(c1ccccc1)C(F)(F)F. The molecular formula is C22H20F3NO3. The number of halogens is 3. The number of carbonyl (C=O) groups is 1. The van der Waals surface area contributed by atoms with Crippen molar-refractivity contribution in [2.45, 2.75) is 18.7 Å². The number of fused-ring (bicyclic) bond motifs is 1. The molecule has 2 N–H and O–H groups in total. The van der Waals surface area contributed by atoms with E-state index in [1.54, 1.807) is 49.4 Å². The maximum Gasteiger partial charge on any atom is 0.423 e. The summed E-state index contributed by atoms with van der Waals surface area (Å²) in [4.78, 5) is 12.9. The fourth-order valence-corrected chi connectivity index (χ4v) is 3.14. The molecule has 3 aromatic carbocycles. The first-order valence-corrected chi connectivity index (χ1v) is 9.05. The van der Waals surface area contributed by atoms with Crippen LogP contribution in [0.2, 0.25) is 0 Å². The summed E-state index contributed by atoms with van der Waals surface area (Å²) in [7, 11) is 0. The van der Waals surface area contributed by atoms with Gasteiger partial charge in [0.1, 0.15) is 5.75 Å². The lowest BCUT2D eigenvalue weighted by atomic mass is 9.92. The zero-order valence-corrected chi connectivity index (χ0v) is 15.7. The van der Waals surface area contributed by atoms with Crippen LogP contribution in [0.3, 0.4) is 0 Å². The number of rotatable bonds is 6. The molecule has 0 aromatic heterocycles. The Morgan fingerprint density at radius 1 is 1.00 bits per heavy atom. The van der Waals surface area contributed by atoms with E-state index in [0.717, 1.165) is 5.39 Å². The number of alkyl halides is 3. The summed E-state index contributed by atoms with van der Waals surface area (Å²) in [6.45, 7) is 0.998. The van der Waals surface area contributed by atoms with Gasteiger partial charge in [-0.1, -0.05) is 60.7 Å². The summed E-state index contributed by atoms with van der Waals surface area (Å²) in [5, 5.41) is 14.0. The molecule has 0 bridgehead atoms. The fraction of sp³-hybridized carbons (Fsp3) is 0.227. The van der Waals surface area contributed by atoms with Gasteiger partial charge < -0.3 is 15.2 Å². The van der Waals surface area contributed by atoms with Gasteiger partial charge in [-0.05, 0) is 29.3 Å². The molecule has 0 unspecified atom stereocenters. The summed E-state index contributed by atoms with van der Waals surface area (Å²) in [5.74, 6) is -0.497. The largest absolute Gasteiger partial charge is 0.493 e.